The Morgan fingerprint density at radius 2 is 2.00 bits per heavy atom. The summed E-state index contributed by atoms with van der Waals surface area (Å²) in [5.74, 6) is -1.13. The fraction of sp³-hybridized carbons (Fsp3) is 0.750. The van der Waals surface area contributed by atoms with Crippen LogP contribution in [0.5, 0.6) is 0 Å². The first-order valence-electron chi connectivity index (χ1n) is 4.61. The van der Waals surface area contributed by atoms with E-state index in [2.05, 4.69) is 0 Å². The molecule has 0 spiro atoms. The van der Waals surface area contributed by atoms with Gasteiger partial charge < -0.3 is 5.73 Å². The molecule has 1 heterocycles. The number of carbonyl (C=O) groups is 1. The second kappa shape index (κ2) is 4.59. The molecule has 84 valence electrons. The minimum Gasteiger partial charge on any atom is -0.369 e. The number of hydrogen-bond donors (Lipinski definition) is 1. The summed E-state index contributed by atoms with van der Waals surface area (Å²) in [6.07, 6.45) is 0.889. The number of piperidine rings is 1. The Morgan fingerprint density at radius 3 is 2.40 bits per heavy atom. The molecule has 1 aliphatic rings. The van der Waals surface area contributed by atoms with Crippen LogP contribution in [-0.4, -0.2) is 37.5 Å². The molecule has 0 radical (unpaired) electrons. The molecule has 0 saturated carbocycles. The highest BCUT2D eigenvalue weighted by Gasteiger charge is 2.29. The topological polar surface area (TPSA) is 104 Å². The van der Waals surface area contributed by atoms with E-state index >= 15 is 0 Å². The summed E-state index contributed by atoms with van der Waals surface area (Å²) in [6.45, 7) is 0.551. The predicted molar refractivity (Wildman–Crippen MR) is 52.9 cm³/mol. The van der Waals surface area contributed by atoms with E-state index in [9.17, 15) is 13.2 Å². The van der Waals surface area contributed by atoms with Gasteiger partial charge in [0.05, 0.1) is 6.07 Å². The van der Waals surface area contributed by atoms with Crippen LogP contribution in [0, 0.1) is 17.2 Å². The quantitative estimate of drug-likeness (QED) is 0.675. The van der Waals surface area contributed by atoms with Crippen LogP contribution in [-0.2, 0) is 14.8 Å². The number of amides is 1. The summed E-state index contributed by atoms with van der Waals surface area (Å²) in [5.41, 5.74) is 5.12. The smallest absolute Gasteiger partial charge is 0.227 e. The average molecular weight is 231 g/mol. The Kier molecular flexibility index (Phi) is 3.66. The van der Waals surface area contributed by atoms with E-state index < -0.39 is 15.8 Å². The number of primary amides is 1. The monoisotopic (exact) mass is 231 g/mol. The summed E-state index contributed by atoms with van der Waals surface area (Å²) >= 11 is 0. The standard InChI is InChI=1S/C8H13N3O3S/c9-3-6-15(13,14)11-4-1-7(2-5-11)8(10)12/h7H,1-2,4-6H2,(H2,10,12). The van der Waals surface area contributed by atoms with Gasteiger partial charge in [-0.3, -0.25) is 4.79 Å². The lowest BCUT2D eigenvalue weighted by Crippen LogP contribution is -2.42. The molecule has 0 unspecified atom stereocenters. The van der Waals surface area contributed by atoms with Crippen molar-refractivity contribution in [3.8, 4) is 6.07 Å². The van der Waals surface area contributed by atoms with Gasteiger partial charge >= 0.3 is 0 Å². The van der Waals surface area contributed by atoms with Crippen LogP contribution in [0.3, 0.4) is 0 Å². The molecule has 1 saturated heterocycles. The van der Waals surface area contributed by atoms with Gasteiger partial charge in [-0.15, -0.1) is 0 Å². The molecular weight excluding hydrogens is 218 g/mol. The Balaban J connectivity index is 2.59. The Morgan fingerprint density at radius 1 is 1.47 bits per heavy atom. The van der Waals surface area contributed by atoms with Crippen molar-refractivity contribution >= 4 is 15.9 Å². The highest BCUT2D eigenvalue weighted by Crippen LogP contribution is 2.19. The van der Waals surface area contributed by atoms with Gasteiger partial charge in [-0.05, 0) is 12.8 Å². The Hall–Kier alpha value is -1.13. The van der Waals surface area contributed by atoms with Crippen molar-refractivity contribution in [1.29, 1.82) is 5.26 Å². The van der Waals surface area contributed by atoms with Gasteiger partial charge in [0.25, 0.3) is 0 Å². The van der Waals surface area contributed by atoms with Crippen molar-refractivity contribution in [2.45, 2.75) is 12.8 Å². The minimum absolute atomic E-state index is 0.237. The minimum atomic E-state index is -3.46. The molecule has 0 atom stereocenters. The molecule has 0 aromatic carbocycles. The lowest BCUT2D eigenvalue weighted by atomic mass is 9.98. The molecule has 0 aliphatic carbocycles. The number of nitrogens with two attached hydrogens (primary N) is 1. The summed E-state index contributed by atoms with van der Waals surface area (Å²) in [5, 5.41) is 8.34. The van der Waals surface area contributed by atoms with Gasteiger partial charge in [0.1, 0.15) is 0 Å². The molecule has 0 aromatic heterocycles. The highest BCUT2D eigenvalue weighted by atomic mass is 32.2. The first kappa shape index (κ1) is 11.9. The number of rotatable bonds is 3. The molecule has 0 bridgehead atoms. The summed E-state index contributed by atoms with van der Waals surface area (Å²) in [4.78, 5) is 10.8. The van der Waals surface area contributed by atoms with Gasteiger partial charge in [-0.1, -0.05) is 0 Å². The fourth-order valence-electron chi connectivity index (χ4n) is 1.59. The molecule has 1 amide bonds. The van der Waals surface area contributed by atoms with E-state index in [-0.39, 0.29) is 24.9 Å². The summed E-state index contributed by atoms with van der Waals surface area (Å²) < 4.78 is 24.1. The highest BCUT2D eigenvalue weighted by molar-refractivity contribution is 7.89. The van der Waals surface area contributed by atoms with E-state index in [1.165, 1.54) is 4.31 Å². The number of carbonyl (C=O) groups excluding carboxylic acids is 1. The van der Waals surface area contributed by atoms with Gasteiger partial charge in [0, 0.05) is 19.0 Å². The van der Waals surface area contributed by atoms with Crippen molar-refractivity contribution in [1.82, 2.24) is 4.31 Å². The molecular formula is C8H13N3O3S. The predicted octanol–water partition coefficient (Wildman–Crippen LogP) is -0.963. The number of nitrogens with zero attached hydrogens (tertiary/aromatic N) is 2. The second-order valence-electron chi connectivity index (χ2n) is 3.49. The molecule has 1 fully saturated rings. The third-order valence-corrected chi connectivity index (χ3v) is 4.14. The van der Waals surface area contributed by atoms with E-state index in [1.54, 1.807) is 6.07 Å². The number of hydrogen-bond acceptors (Lipinski definition) is 4. The third-order valence-electron chi connectivity index (χ3n) is 2.50. The van der Waals surface area contributed by atoms with Crippen molar-refractivity contribution in [3.05, 3.63) is 0 Å². The SMILES string of the molecule is N#CCS(=O)(=O)N1CCC(C(N)=O)CC1. The zero-order valence-corrected chi connectivity index (χ0v) is 9.03. The molecule has 0 aromatic rings. The van der Waals surface area contributed by atoms with Crippen LogP contribution in [0.25, 0.3) is 0 Å². The normalized spacial score (nSPS) is 19.7. The van der Waals surface area contributed by atoms with Gasteiger partial charge in [0.2, 0.25) is 15.9 Å². The van der Waals surface area contributed by atoms with Crippen LogP contribution >= 0.6 is 0 Å². The maximum atomic E-state index is 11.4. The largest absolute Gasteiger partial charge is 0.369 e. The summed E-state index contributed by atoms with van der Waals surface area (Å²) in [7, 11) is -3.46. The molecule has 1 aliphatic heterocycles. The number of nitriles is 1. The van der Waals surface area contributed by atoms with Crippen molar-refractivity contribution in [2.75, 3.05) is 18.8 Å². The molecule has 2 N–H and O–H groups in total. The lowest BCUT2D eigenvalue weighted by molar-refractivity contribution is -0.122. The van der Waals surface area contributed by atoms with Gasteiger partial charge in [-0.25, -0.2) is 12.7 Å². The van der Waals surface area contributed by atoms with Crippen molar-refractivity contribution < 1.29 is 13.2 Å². The number of sulfonamides is 1. The Labute approximate surface area is 88.7 Å². The lowest BCUT2D eigenvalue weighted by Gasteiger charge is -2.28. The Bertz CT molecular complexity index is 376. The fourth-order valence-corrected chi connectivity index (χ4v) is 2.70. The third kappa shape index (κ3) is 2.91. The molecule has 6 nitrogen and oxygen atoms in total. The van der Waals surface area contributed by atoms with E-state index in [1.807, 2.05) is 0 Å². The van der Waals surface area contributed by atoms with Crippen LogP contribution in [0.1, 0.15) is 12.8 Å². The zero-order valence-electron chi connectivity index (χ0n) is 8.22. The molecule has 15 heavy (non-hydrogen) atoms. The van der Waals surface area contributed by atoms with Crippen LogP contribution in [0.15, 0.2) is 0 Å². The van der Waals surface area contributed by atoms with Gasteiger partial charge in [0.15, 0.2) is 5.75 Å². The van der Waals surface area contributed by atoms with E-state index in [4.69, 9.17) is 11.0 Å². The van der Waals surface area contributed by atoms with Crippen molar-refractivity contribution in [3.63, 3.8) is 0 Å². The maximum absolute atomic E-state index is 11.4. The van der Waals surface area contributed by atoms with Crippen molar-refractivity contribution in [2.24, 2.45) is 11.7 Å². The average Bonchev–Trinajstić information content (AvgIpc) is 2.18. The summed E-state index contributed by atoms with van der Waals surface area (Å²) in [6, 6.07) is 1.62. The van der Waals surface area contributed by atoms with E-state index in [0.717, 1.165) is 0 Å². The van der Waals surface area contributed by atoms with Crippen LogP contribution < -0.4 is 5.73 Å². The maximum Gasteiger partial charge on any atom is 0.227 e. The van der Waals surface area contributed by atoms with E-state index in [0.29, 0.717) is 12.8 Å². The molecule has 7 heteroatoms. The van der Waals surface area contributed by atoms with Gasteiger partial charge in [-0.2, -0.15) is 5.26 Å². The zero-order chi connectivity index (χ0) is 11.5. The molecule has 1 rings (SSSR count). The van der Waals surface area contributed by atoms with Crippen LogP contribution in [0.4, 0.5) is 0 Å². The first-order valence-corrected chi connectivity index (χ1v) is 6.22. The first-order chi connectivity index (χ1) is 6.97. The van der Waals surface area contributed by atoms with Crippen LogP contribution in [0.2, 0.25) is 0 Å². The second-order valence-corrected chi connectivity index (χ2v) is 5.46.